The summed E-state index contributed by atoms with van der Waals surface area (Å²) >= 11 is 0. The molecule has 1 N–H and O–H groups in total. The van der Waals surface area contributed by atoms with Crippen molar-refractivity contribution in [3.05, 3.63) is 71.9 Å². The lowest BCUT2D eigenvalue weighted by Crippen LogP contribution is -2.14. The Hall–Kier alpha value is -3.02. The summed E-state index contributed by atoms with van der Waals surface area (Å²) in [5, 5.41) is 6.94. The van der Waals surface area contributed by atoms with Gasteiger partial charge in [-0.3, -0.25) is 4.79 Å². The molecule has 1 amide bonds. The first-order valence-corrected chi connectivity index (χ1v) is 7.24. The molecule has 0 aliphatic heterocycles. The molecular formula is C17H15FN4O. The number of hydrogen-bond acceptors (Lipinski definition) is 3. The lowest BCUT2D eigenvalue weighted by Gasteiger charge is -2.08. The van der Waals surface area contributed by atoms with Crippen LogP contribution in [0.5, 0.6) is 0 Å². The summed E-state index contributed by atoms with van der Waals surface area (Å²) in [5.41, 5.74) is 1.60. The van der Waals surface area contributed by atoms with Crippen LogP contribution in [0.25, 0.3) is 5.82 Å². The van der Waals surface area contributed by atoms with Gasteiger partial charge in [0.1, 0.15) is 5.82 Å². The predicted octanol–water partition coefficient (Wildman–Crippen LogP) is 3.22. The first-order chi connectivity index (χ1) is 11.2. The van der Waals surface area contributed by atoms with Crippen molar-refractivity contribution in [3.63, 3.8) is 0 Å². The number of halogens is 1. The number of nitrogens with one attached hydrogen (secondary N) is 1. The van der Waals surface area contributed by atoms with Crippen LogP contribution >= 0.6 is 0 Å². The molecule has 0 bridgehead atoms. The number of amides is 1. The van der Waals surface area contributed by atoms with E-state index in [9.17, 15) is 9.18 Å². The fraction of sp³-hybridized carbons (Fsp3) is 0.118. The summed E-state index contributed by atoms with van der Waals surface area (Å²) in [4.78, 5) is 16.7. The highest BCUT2D eigenvalue weighted by Gasteiger charge is 2.17. The van der Waals surface area contributed by atoms with Crippen LogP contribution in [-0.4, -0.2) is 20.7 Å². The number of nitrogens with zero attached hydrogens (tertiary/aromatic N) is 3. The van der Waals surface area contributed by atoms with E-state index < -0.39 is 5.82 Å². The smallest absolute Gasteiger partial charge is 0.259 e. The quantitative estimate of drug-likeness (QED) is 0.805. The van der Waals surface area contributed by atoms with Gasteiger partial charge in [-0.15, -0.1) is 0 Å². The summed E-state index contributed by atoms with van der Waals surface area (Å²) in [5.74, 6) is -0.0773. The molecule has 0 saturated heterocycles. The summed E-state index contributed by atoms with van der Waals surface area (Å²) < 4.78 is 14.9. The van der Waals surface area contributed by atoms with E-state index in [0.29, 0.717) is 23.5 Å². The zero-order valence-corrected chi connectivity index (χ0v) is 12.5. The molecule has 0 unspecified atom stereocenters. The Labute approximate surface area is 132 Å². The van der Waals surface area contributed by atoms with Crippen molar-refractivity contribution in [1.82, 2.24) is 14.8 Å². The maximum atomic E-state index is 13.2. The fourth-order valence-corrected chi connectivity index (χ4v) is 2.34. The van der Waals surface area contributed by atoms with Crippen LogP contribution in [0.1, 0.15) is 23.0 Å². The molecule has 2 aromatic heterocycles. The predicted molar refractivity (Wildman–Crippen MR) is 85.1 cm³/mol. The number of rotatable bonds is 4. The SMILES string of the molecule is CCc1c(C(=O)Nc2cccc(F)c2)cnn1-c1ccccn1. The molecule has 0 aliphatic rings. The Bertz CT molecular complexity index is 830. The van der Waals surface area contributed by atoms with E-state index in [2.05, 4.69) is 15.4 Å². The maximum Gasteiger partial charge on any atom is 0.259 e. The van der Waals surface area contributed by atoms with Crippen molar-refractivity contribution >= 4 is 11.6 Å². The molecule has 2 heterocycles. The molecule has 1 aromatic carbocycles. The number of benzene rings is 1. The Kier molecular flexibility index (Phi) is 4.14. The molecule has 0 aliphatic carbocycles. The maximum absolute atomic E-state index is 13.2. The highest BCUT2D eigenvalue weighted by Crippen LogP contribution is 2.17. The second kappa shape index (κ2) is 6.39. The van der Waals surface area contributed by atoms with Gasteiger partial charge in [-0.1, -0.05) is 19.1 Å². The molecule has 23 heavy (non-hydrogen) atoms. The van der Waals surface area contributed by atoms with Gasteiger partial charge in [0.15, 0.2) is 5.82 Å². The van der Waals surface area contributed by atoms with Crippen LogP contribution < -0.4 is 5.32 Å². The van der Waals surface area contributed by atoms with Crippen molar-refractivity contribution in [1.29, 1.82) is 0 Å². The third-order valence-electron chi connectivity index (χ3n) is 3.40. The Morgan fingerprint density at radius 3 is 2.83 bits per heavy atom. The fourth-order valence-electron chi connectivity index (χ4n) is 2.34. The largest absolute Gasteiger partial charge is 0.322 e. The molecule has 0 atom stereocenters. The van der Waals surface area contributed by atoms with Gasteiger partial charge in [0.25, 0.3) is 5.91 Å². The number of hydrogen-bond donors (Lipinski definition) is 1. The van der Waals surface area contributed by atoms with Crippen molar-refractivity contribution in [2.75, 3.05) is 5.32 Å². The van der Waals surface area contributed by atoms with E-state index >= 15 is 0 Å². The summed E-state index contributed by atoms with van der Waals surface area (Å²) in [6.45, 7) is 1.94. The minimum Gasteiger partial charge on any atom is -0.322 e. The molecule has 0 radical (unpaired) electrons. The van der Waals surface area contributed by atoms with E-state index in [-0.39, 0.29) is 5.91 Å². The number of carbonyl (C=O) groups excluding carboxylic acids is 1. The molecule has 6 heteroatoms. The number of aromatic nitrogens is 3. The lowest BCUT2D eigenvalue weighted by molar-refractivity contribution is 0.102. The third-order valence-corrected chi connectivity index (χ3v) is 3.40. The van der Waals surface area contributed by atoms with Gasteiger partial charge < -0.3 is 5.32 Å². The Morgan fingerprint density at radius 2 is 2.13 bits per heavy atom. The van der Waals surface area contributed by atoms with Crippen molar-refractivity contribution in [2.45, 2.75) is 13.3 Å². The van der Waals surface area contributed by atoms with Gasteiger partial charge in [0, 0.05) is 11.9 Å². The number of carbonyl (C=O) groups is 1. The van der Waals surface area contributed by atoms with E-state index in [1.165, 1.54) is 18.3 Å². The lowest BCUT2D eigenvalue weighted by atomic mass is 10.2. The van der Waals surface area contributed by atoms with E-state index in [1.54, 1.807) is 23.0 Å². The van der Waals surface area contributed by atoms with Crippen LogP contribution in [0.15, 0.2) is 54.9 Å². The van der Waals surface area contributed by atoms with Crippen LogP contribution in [0.2, 0.25) is 0 Å². The van der Waals surface area contributed by atoms with Crippen molar-refractivity contribution in [2.24, 2.45) is 0 Å². The van der Waals surface area contributed by atoms with E-state index in [4.69, 9.17) is 0 Å². The van der Waals surface area contributed by atoms with Gasteiger partial charge in [-0.05, 0) is 36.8 Å². The third kappa shape index (κ3) is 3.11. The molecule has 3 rings (SSSR count). The number of anilines is 1. The second-order valence-electron chi connectivity index (χ2n) is 4.92. The first-order valence-electron chi connectivity index (χ1n) is 7.24. The average molecular weight is 310 g/mol. The average Bonchev–Trinajstić information content (AvgIpc) is 2.99. The van der Waals surface area contributed by atoms with Crippen LogP contribution in [0.3, 0.4) is 0 Å². The van der Waals surface area contributed by atoms with E-state index in [0.717, 1.165) is 5.69 Å². The molecule has 0 saturated carbocycles. The van der Waals surface area contributed by atoms with Crippen molar-refractivity contribution in [3.8, 4) is 5.82 Å². The first kappa shape index (κ1) is 14.9. The van der Waals surface area contributed by atoms with Gasteiger partial charge in [0.05, 0.1) is 17.5 Å². The molecular weight excluding hydrogens is 295 g/mol. The molecule has 3 aromatic rings. The Morgan fingerprint density at radius 1 is 1.26 bits per heavy atom. The van der Waals surface area contributed by atoms with E-state index in [1.807, 2.05) is 25.1 Å². The van der Waals surface area contributed by atoms with Crippen molar-refractivity contribution < 1.29 is 9.18 Å². The number of pyridine rings is 1. The second-order valence-corrected chi connectivity index (χ2v) is 4.92. The van der Waals surface area contributed by atoms with Gasteiger partial charge in [-0.2, -0.15) is 5.10 Å². The highest BCUT2D eigenvalue weighted by molar-refractivity contribution is 6.05. The zero-order chi connectivity index (χ0) is 16.2. The molecule has 5 nitrogen and oxygen atoms in total. The molecule has 116 valence electrons. The minimum atomic E-state index is -0.400. The topological polar surface area (TPSA) is 59.8 Å². The van der Waals surface area contributed by atoms with Crippen LogP contribution in [-0.2, 0) is 6.42 Å². The Balaban J connectivity index is 1.91. The summed E-state index contributed by atoms with van der Waals surface area (Å²) in [6.07, 6.45) is 3.79. The minimum absolute atomic E-state index is 0.324. The zero-order valence-electron chi connectivity index (χ0n) is 12.5. The van der Waals surface area contributed by atoms with Crippen LogP contribution in [0.4, 0.5) is 10.1 Å². The van der Waals surface area contributed by atoms with Gasteiger partial charge in [-0.25, -0.2) is 14.1 Å². The summed E-state index contributed by atoms with van der Waals surface area (Å²) in [7, 11) is 0. The highest BCUT2D eigenvalue weighted by atomic mass is 19.1. The molecule has 0 fully saturated rings. The monoisotopic (exact) mass is 310 g/mol. The molecule has 0 spiro atoms. The van der Waals surface area contributed by atoms with Gasteiger partial charge >= 0.3 is 0 Å². The normalized spacial score (nSPS) is 10.5. The standard InChI is InChI=1S/C17H15FN4O/c1-2-15-14(11-20-22(15)16-8-3-4-9-19-16)17(23)21-13-7-5-6-12(18)10-13/h3-11H,2H2,1H3,(H,21,23). The van der Waals surface area contributed by atoms with Gasteiger partial charge in [0.2, 0.25) is 0 Å². The van der Waals surface area contributed by atoms with Crippen LogP contribution in [0, 0.1) is 5.82 Å². The summed E-state index contributed by atoms with van der Waals surface area (Å²) in [6, 6.07) is 11.3.